The molecule has 0 saturated heterocycles. The average molecular weight is 477 g/mol. The number of carbonyl (C=O) groups is 1. The molecule has 0 heterocycles. The Kier molecular flexibility index (Phi) is 10.0. The maximum absolute atomic E-state index is 12.6. The third kappa shape index (κ3) is 7.67. The highest BCUT2D eigenvalue weighted by atomic mass is 32.2. The number of anilines is 1. The van der Waals surface area contributed by atoms with E-state index < -0.39 is 10.0 Å². The number of sulfonamides is 1. The maximum atomic E-state index is 12.6. The van der Waals surface area contributed by atoms with Crippen LogP contribution in [0.15, 0.2) is 42.5 Å². The highest BCUT2D eigenvalue weighted by Crippen LogP contribution is 2.34. The summed E-state index contributed by atoms with van der Waals surface area (Å²) in [4.78, 5) is 12.6. The lowest BCUT2D eigenvalue weighted by atomic mass is 9.99. The van der Waals surface area contributed by atoms with Gasteiger partial charge in [-0.3, -0.25) is 9.10 Å². The van der Waals surface area contributed by atoms with E-state index in [-0.39, 0.29) is 12.5 Å². The summed E-state index contributed by atoms with van der Waals surface area (Å²) in [7, 11) is -0.571. The molecule has 2 rings (SSSR count). The van der Waals surface area contributed by atoms with Gasteiger partial charge < -0.3 is 14.8 Å². The van der Waals surface area contributed by atoms with Gasteiger partial charge in [-0.2, -0.15) is 0 Å². The zero-order chi connectivity index (χ0) is 24.4. The molecule has 0 radical (unpaired) electrons. The summed E-state index contributed by atoms with van der Waals surface area (Å²) >= 11 is 0. The van der Waals surface area contributed by atoms with Crippen LogP contribution in [0.5, 0.6) is 11.5 Å². The fourth-order valence-electron chi connectivity index (χ4n) is 3.58. The van der Waals surface area contributed by atoms with E-state index in [4.69, 9.17) is 9.47 Å². The van der Waals surface area contributed by atoms with E-state index in [9.17, 15) is 13.2 Å². The van der Waals surface area contributed by atoms with Crippen LogP contribution in [-0.2, 0) is 16.6 Å². The van der Waals surface area contributed by atoms with E-state index in [1.165, 1.54) is 24.9 Å². The average Bonchev–Trinajstić information content (AvgIpc) is 2.81. The number of carbonyl (C=O) groups excluding carboxylic acids is 1. The Morgan fingerprint density at radius 3 is 2.30 bits per heavy atom. The molecular formula is C25H36N2O5S. The summed E-state index contributed by atoms with van der Waals surface area (Å²) in [6.45, 7) is 5.09. The number of rotatable bonds is 13. The number of unbranched alkanes of at least 4 members (excludes halogenated alkanes) is 1. The van der Waals surface area contributed by atoms with Gasteiger partial charge in [0.1, 0.15) is 11.5 Å². The number of methoxy groups -OCH3 is 2. The van der Waals surface area contributed by atoms with Crippen LogP contribution in [0.4, 0.5) is 5.69 Å². The van der Waals surface area contributed by atoms with Crippen LogP contribution in [0, 0.1) is 5.92 Å². The van der Waals surface area contributed by atoms with Crippen LogP contribution in [0.25, 0.3) is 0 Å². The maximum Gasteiger partial charge on any atom is 0.251 e. The second kappa shape index (κ2) is 12.5. The predicted molar refractivity (Wildman–Crippen MR) is 133 cm³/mol. The van der Waals surface area contributed by atoms with Crippen LogP contribution in [0.3, 0.4) is 0 Å². The van der Waals surface area contributed by atoms with E-state index in [0.29, 0.717) is 35.2 Å². The predicted octanol–water partition coefficient (Wildman–Crippen LogP) is 4.62. The second-order valence-corrected chi connectivity index (χ2v) is 10.0. The molecule has 0 saturated carbocycles. The third-order valence-corrected chi connectivity index (χ3v) is 6.82. The van der Waals surface area contributed by atoms with Crippen LogP contribution in [0.2, 0.25) is 0 Å². The van der Waals surface area contributed by atoms with Crippen LogP contribution >= 0.6 is 0 Å². The minimum Gasteiger partial charge on any atom is -0.497 e. The number of ether oxygens (including phenoxy) is 2. The van der Waals surface area contributed by atoms with Crippen LogP contribution in [-0.4, -0.2) is 41.3 Å². The van der Waals surface area contributed by atoms with Gasteiger partial charge in [-0.05, 0) is 42.2 Å². The highest BCUT2D eigenvalue weighted by molar-refractivity contribution is 7.92. The first-order chi connectivity index (χ1) is 15.7. The molecule has 2 aromatic carbocycles. The van der Waals surface area contributed by atoms with Gasteiger partial charge in [0.2, 0.25) is 10.0 Å². The monoisotopic (exact) mass is 476 g/mol. The first kappa shape index (κ1) is 26.5. The van der Waals surface area contributed by atoms with Crippen molar-refractivity contribution in [2.45, 2.75) is 46.1 Å². The fourth-order valence-corrected chi connectivity index (χ4v) is 4.47. The number of amides is 1. The Morgan fingerprint density at radius 1 is 1.06 bits per heavy atom. The first-order valence-electron chi connectivity index (χ1n) is 11.3. The minimum atomic E-state index is -3.59. The molecule has 182 valence electrons. The standard InChI is InChI=1S/C25H36N2O5S/c1-6-8-9-19(7-2)17-26-25(28)21-12-10-20(11-13-21)18-27(33(5,29)30)23-15-14-22(31-3)16-24(23)32-4/h10-16,19H,6-9,17-18H2,1-5H3,(H,26,28)/t19-/m1/s1. The minimum absolute atomic E-state index is 0.109. The molecule has 0 unspecified atom stereocenters. The Morgan fingerprint density at radius 2 is 1.76 bits per heavy atom. The second-order valence-electron chi connectivity index (χ2n) is 8.13. The van der Waals surface area contributed by atoms with E-state index in [2.05, 4.69) is 19.2 Å². The summed E-state index contributed by atoms with van der Waals surface area (Å²) in [6, 6.07) is 12.0. The lowest BCUT2D eigenvalue weighted by Gasteiger charge is -2.24. The van der Waals surface area contributed by atoms with Crippen molar-refractivity contribution < 1.29 is 22.7 Å². The summed E-state index contributed by atoms with van der Waals surface area (Å²) in [5.41, 5.74) is 1.72. The number of nitrogens with zero attached hydrogens (tertiary/aromatic N) is 1. The van der Waals surface area contributed by atoms with Gasteiger partial charge in [-0.25, -0.2) is 8.42 Å². The van der Waals surface area contributed by atoms with Crippen LogP contribution in [0.1, 0.15) is 55.5 Å². The Bertz CT molecular complexity index is 1010. The number of nitrogens with one attached hydrogen (secondary N) is 1. The molecule has 1 atom stereocenters. The van der Waals surface area contributed by atoms with Crippen molar-refractivity contribution in [3.8, 4) is 11.5 Å². The van der Waals surface area contributed by atoms with E-state index in [1.807, 2.05) is 0 Å². The summed E-state index contributed by atoms with van der Waals surface area (Å²) < 4.78 is 37.0. The van der Waals surface area contributed by atoms with Crippen molar-refractivity contribution in [1.82, 2.24) is 5.32 Å². The van der Waals surface area contributed by atoms with Crippen molar-refractivity contribution in [2.75, 3.05) is 31.3 Å². The van der Waals surface area contributed by atoms with Gasteiger partial charge in [0.05, 0.1) is 32.7 Å². The largest absolute Gasteiger partial charge is 0.497 e. The topological polar surface area (TPSA) is 84.9 Å². The number of hydrogen-bond acceptors (Lipinski definition) is 5. The molecule has 0 bridgehead atoms. The van der Waals surface area contributed by atoms with E-state index >= 15 is 0 Å². The van der Waals surface area contributed by atoms with Crippen molar-refractivity contribution >= 4 is 21.6 Å². The third-order valence-electron chi connectivity index (χ3n) is 5.69. The summed E-state index contributed by atoms with van der Waals surface area (Å²) in [5.74, 6) is 1.33. The number of hydrogen-bond donors (Lipinski definition) is 1. The van der Waals surface area contributed by atoms with E-state index in [0.717, 1.165) is 31.1 Å². The molecule has 0 aliphatic carbocycles. The lowest BCUT2D eigenvalue weighted by Crippen LogP contribution is -2.30. The molecule has 1 N–H and O–H groups in total. The lowest BCUT2D eigenvalue weighted by molar-refractivity contribution is 0.0946. The van der Waals surface area contributed by atoms with Crippen molar-refractivity contribution in [2.24, 2.45) is 5.92 Å². The Hall–Kier alpha value is -2.74. The van der Waals surface area contributed by atoms with Gasteiger partial charge in [0.25, 0.3) is 5.91 Å². The normalized spacial score (nSPS) is 12.2. The quantitative estimate of drug-likeness (QED) is 0.456. The molecule has 1 amide bonds. The van der Waals surface area contributed by atoms with Gasteiger partial charge in [-0.1, -0.05) is 45.2 Å². The Balaban J connectivity index is 2.15. The molecule has 0 aliphatic heterocycles. The molecule has 8 heteroatoms. The zero-order valence-electron chi connectivity index (χ0n) is 20.3. The zero-order valence-corrected chi connectivity index (χ0v) is 21.1. The summed E-state index contributed by atoms with van der Waals surface area (Å²) in [5, 5.41) is 3.02. The van der Waals surface area contributed by atoms with Crippen molar-refractivity contribution in [3.05, 3.63) is 53.6 Å². The fraction of sp³-hybridized carbons (Fsp3) is 0.480. The smallest absolute Gasteiger partial charge is 0.251 e. The van der Waals surface area contributed by atoms with Gasteiger partial charge in [-0.15, -0.1) is 0 Å². The van der Waals surface area contributed by atoms with Crippen LogP contribution < -0.4 is 19.1 Å². The molecule has 33 heavy (non-hydrogen) atoms. The summed E-state index contributed by atoms with van der Waals surface area (Å²) in [6.07, 6.45) is 5.62. The molecule has 0 aliphatic rings. The SMILES string of the molecule is CCCC[C@@H](CC)CNC(=O)c1ccc(CN(c2ccc(OC)cc2OC)S(C)(=O)=O)cc1. The first-order valence-corrected chi connectivity index (χ1v) is 13.1. The van der Waals surface area contributed by atoms with Gasteiger partial charge >= 0.3 is 0 Å². The molecule has 0 aromatic heterocycles. The van der Waals surface area contributed by atoms with Gasteiger partial charge in [0.15, 0.2) is 0 Å². The molecule has 0 spiro atoms. The Labute approximate surface area is 198 Å². The molecule has 0 fully saturated rings. The number of benzene rings is 2. The molecular weight excluding hydrogens is 440 g/mol. The molecule has 7 nitrogen and oxygen atoms in total. The van der Waals surface area contributed by atoms with E-state index in [1.54, 1.807) is 42.5 Å². The van der Waals surface area contributed by atoms with Crippen molar-refractivity contribution in [1.29, 1.82) is 0 Å². The highest BCUT2D eigenvalue weighted by Gasteiger charge is 2.22. The van der Waals surface area contributed by atoms with Gasteiger partial charge in [0, 0.05) is 18.2 Å². The molecule has 2 aromatic rings. The van der Waals surface area contributed by atoms with Crippen molar-refractivity contribution in [3.63, 3.8) is 0 Å².